The standard InChI is InChI=1S/C30H29F3N4O4/c1-40-24(38)17-35-28(39)19-8-9-23(34-16-19)37-12-10-29(11-13-37)14-20(15-29)25-26(36-41-27(25)18-6-7-18)21-4-2-3-5-22(21)30(31,32)33/h2-5,8-9,14,16,18H,6-7,10-13,15,17H2,1H3,(H,35,39). The van der Waals surface area contributed by atoms with E-state index in [1.54, 1.807) is 18.2 Å². The average Bonchev–Trinajstić information content (AvgIpc) is 3.72. The number of benzene rings is 1. The van der Waals surface area contributed by atoms with Crippen molar-refractivity contribution < 1.29 is 32.0 Å². The number of ether oxygens (including phenoxy) is 1. The van der Waals surface area contributed by atoms with Gasteiger partial charge in [-0.1, -0.05) is 29.4 Å². The molecule has 2 fully saturated rings. The van der Waals surface area contributed by atoms with Gasteiger partial charge in [0.15, 0.2) is 0 Å². The van der Waals surface area contributed by atoms with Gasteiger partial charge in [-0.15, -0.1) is 0 Å². The Balaban J connectivity index is 1.16. The molecule has 6 rings (SSSR count). The Morgan fingerprint density at radius 2 is 1.88 bits per heavy atom. The number of piperidine rings is 1. The van der Waals surface area contributed by atoms with Crippen LogP contribution in [0.2, 0.25) is 0 Å². The van der Waals surface area contributed by atoms with Crippen molar-refractivity contribution in [3.63, 3.8) is 0 Å². The Hall–Kier alpha value is -4.15. The topological polar surface area (TPSA) is 97.6 Å². The third kappa shape index (κ3) is 5.32. The zero-order valence-corrected chi connectivity index (χ0v) is 22.5. The molecule has 1 aromatic carbocycles. The zero-order chi connectivity index (χ0) is 28.8. The van der Waals surface area contributed by atoms with Gasteiger partial charge in [-0.2, -0.15) is 13.2 Å². The van der Waals surface area contributed by atoms with Crippen LogP contribution in [-0.2, 0) is 15.7 Å². The molecule has 0 atom stereocenters. The van der Waals surface area contributed by atoms with E-state index in [1.807, 2.05) is 0 Å². The lowest BCUT2D eigenvalue weighted by Gasteiger charge is -2.46. The van der Waals surface area contributed by atoms with Crippen LogP contribution in [0.25, 0.3) is 16.8 Å². The number of nitrogens with zero attached hydrogens (tertiary/aromatic N) is 3. The molecule has 41 heavy (non-hydrogen) atoms. The molecule has 0 radical (unpaired) electrons. The van der Waals surface area contributed by atoms with Gasteiger partial charge in [0.1, 0.15) is 23.8 Å². The van der Waals surface area contributed by atoms with E-state index in [-0.39, 0.29) is 29.1 Å². The summed E-state index contributed by atoms with van der Waals surface area (Å²) < 4.78 is 51.7. The first kappa shape index (κ1) is 27.0. The summed E-state index contributed by atoms with van der Waals surface area (Å²) in [7, 11) is 1.25. The van der Waals surface area contributed by atoms with Crippen molar-refractivity contribution in [3.05, 3.63) is 71.1 Å². The van der Waals surface area contributed by atoms with Crippen LogP contribution in [0, 0.1) is 5.41 Å². The van der Waals surface area contributed by atoms with Gasteiger partial charge in [-0.25, -0.2) is 4.98 Å². The third-order valence-electron chi connectivity index (χ3n) is 8.21. The number of pyridine rings is 1. The van der Waals surface area contributed by atoms with Gasteiger partial charge in [0, 0.05) is 36.3 Å². The highest BCUT2D eigenvalue weighted by molar-refractivity contribution is 5.95. The normalized spacial score (nSPS) is 18.0. The van der Waals surface area contributed by atoms with Crippen molar-refractivity contribution in [1.29, 1.82) is 0 Å². The zero-order valence-electron chi connectivity index (χ0n) is 22.5. The molecule has 1 aliphatic heterocycles. The summed E-state index contributed by atoms with van der Waals surface area (Å²) in [6.07, 6.45) is 3.62. The molecule has 1 saturated carbocycles. The SMILES string of the molecule is COC(=O)CNC(=O)c1ccc(N2CCC3(C=C(c4c(-c5ccccc5C(F)(F)F)noc4C4CC4)C3)CC2)nc1. The highest BCUT2D eigenvalue weighted by atomic mass is 19.4. The minimum absolute atomic E-state index is 0.0293. The average molecular weight is 567 g/mol. The summed E-state index contributed by atoms with van der Waals surface area (Å²) in [5, 5.41) is 6.66. The highest BCUT2D eigenvalue weighted by Crippen LogP contribution is 2.56. The summed E-state index contributed by atoms with van der Waals surface area (Å²) in [5.74, 6) is 0.730. The Kier molecular flexibility index (Phi) is 6.83. The molecule has 3 aromatic rings. The van der Waals surface area contributed by atoms with Crippen LogP contribution in [0.1, 0.15) is 65.3 Å². The number of carbonyl (C=O) groups excluding carboxylic acids is 2. The maximum atomic E-state index is 13.8. The fourth-order valence-electron chi connectivity index (χ4n) is 5.77. The second-order valence-electron chi connectivity index (χ2n) is 10.9. The lowest BCUT2D eigenvalue weighted by atomic mass is 9.63. The number of methoxy groups -OCH3 is 1. The van der Waals surface area contributed by atoms with Crippen LogP contribution >= 0.6 is 0 Å². The van der Waals surface area contributed by atoms with E-state index in [2.05, 4.69) is 31.2 Å². The number of aromatic nitrogens is 2. The smallest absolute Gasteiger partial charge is 0.417 e. The molecule has 1 spiro atoms. The summed E-state index contributed by atoms with van der Waals surface area (Å²) in [6.45, 7) is 1.30. The molecule has 2 aromatic heterocycles. The maximum Gasteiger partial charge on any atom is 0.417 e. The Bertz CT molecular complexity index is 1500. The fraction of sp³-hybridized carbons (Fsp3) is 0.400. The van der Waals surface area contributed by atoms with Crippen molar-refractivity contribution >= 4 is 23.3 Å². The number of nitrogens with one attached hydrogen (secondary N) is 1. The van der Waals surface area contributed by atoms with Gasteiger partial charge in [0.25, 0.3) is 5.91 Å². The van der Waals surface area contributed by atoms with E-state index in [0.29, 0.717) is 11.3 Å². The van der Waals surface area contributed by atoms with Crippen LogP contribution in [0.3, 0.4) is 0 Å². The fourth-order valence-corrected chi connectivity index (χ4v) is 5.77. The van der Waals surface area contributed by atoms with Crippen molar-refractivity contribution in [1.82, 2.24) is 15.5 Å². The van der Waals surface area contributed by atoms with Gasteiger partial charge in [-0.3, -0.25) is 9.59 Å². The molecule has 214 valence electrons. The van der Waals surface area contributed by atoms with Crippen LogP contribution in [-0.4, -0.2) is 48.8 Å². The largest absolute Gasteiger partial charge is 0.468 e. The van der Waals surface area contributed by atoms with Crippen molar-refractivity contribution in [2.24, 2.45) is 5.41 Å². The van der Waals surface area contributed by atoms with Crippen LogP contribution in [0.5, 0.6) is 0 Å². The minimum atomic E-state index is -4.49. The molecule has 0 bridgehead atoms. The molecule has 0 unspecified atom stereocenters. The van der Waals surface area contributed by atoms with E-state index in [0.717, 1.165) is 68.2 Å². The summed E-state index contributed by atoms with van der Waals surface area (Å²) >= 11 is 0. The molecule has 1 amide bonds. The first-order valence-electron chi connectivity index (χ1n) is 13.6. The molecular formula is C30H29F3N4O4. The van der Waals surface area contributed by atoms with E-state index in [1.165, 1.54) is 25.4 Å². The van der Waals surface area contributed by atoms with Crippen LogP contribution < -0.4 is 10.2 Å². The molecule has 1 saturated heterocycles. The van der Waals surface area contributed by atoms with Crippen LogP contribution in [0.15, 0.2) is 53.2 Å². The minimum Gasteiger partial charge on any atom is -0.468 e. The molecular weight excluding hydrogens is 537 g/mol. The van der Waals surface area contributed by atoms with Gasteiger partial charge in [0.2, 0.25) is 0 Å². The molecule has 11 heteroatoms. The number of esters is 1. The number of allylic oxidation sites excluding steroid dienone is 2. The van der Waals surface area contributed by atoms with Gasteiger partial charge in [0.05, 0.1) is 18.2 Å². The van der Waals surface area contributed by atoms with E-state index in [9.17, 15) is 22.8 Å². The summed E-state index contributed by atoms with van der Waals surface area (Å²) in [5.41, 5.74) is 1.68. The Morgan fingerprint density at radius 3 is 2.51 bits per heavy atom. The number of rotatable bonds is 7. The second-order valence-corrected chi connectivity index (χ2v) is 10.9. The number of alkyl halides is 3. The quantitative estimate of drug-likeness (QED) is 0.372. The highest BCUT2D eigenvalue weighted by Gasteiger charge is 2.45. The Labute approximate surface area is 234 Å². The molecule has 3 aliphatic rings. The summed E-state index contributed by atoms with van der Waals surface area (Å²) in [4.78, 5) is 30.1. The number of hydrogen-bond donors (Lipinski definition) is 1. The molecule has 3 heterocycles. The Morgan fingerprint density at radius 1 is 1.15 bits per heavy atom. The molecule has 8 nitrogen and oxygen atoms in total. The third-order valence-corrected chi connectivity index (χ3v) is 8.21. The second kappa shape index (κ2) is 10.4. The van der Waals surface area contributed by atoms with Gasteiger partial charge >= 0.3 is 12.1 Å². The van der Waals surface area contributed by atoms with E-state index < -0.39 is 23.6 Å². The number of carbonyl (C=O) groups is 2. The van der Waals surface area contributed by atoms with Gasteiger partial charge < -0.3 is 19.5 Å². The number of halogens is 3. The van der Waals surface area contributed by atoms with Crippen molar-refractivity contribution in [2.75, 3.05) is 31.6 Å². The van der Waals surface area contributed by atoms with Crippen molar-refractivity contribution in [2.45, 2.75) is 44.2 Å². The number of hydrogen-bond acceptors (Lipinski definition) is 7. The number of amides is 1. The molecule has 2 aliphatic carbocycles. The predicted molar refractivity (Wildman–Crippen MR) is 144 cm³/mol. The predicted octanol–water partition coefficient (Wildman–Crippen LogP) is 5.61. The lowest BCUT2D eigenvalue weighted by Crippen LogP contribution is -2.42. The van der Waals surface area contributed by atoms with E-state index in [4.69, 9.17) is 4.52 Å². The lowest BCUT2D eigenvalue weighted by molar-refractivity contribution is -0.139. The van der Waals surface area contributed by atoms with Gasteiger partial charge in [-0.05, 0) is 61.3 Å². The first-order chi connectivity index (χ1) is 19.7. The van der Waals surface area contributed by atoms with E-state index >= 15 is 0 Å². The summed E-state index contributed by atoms with van der Waals surface area (Å²) in [6, 6.07) is 9.01. The monoisotopic (exact) mass is 566 g/mol. The maximum absolute atomic E-state index is 13.8. The molecule has 1 N–H and O–H groups in total. The number of anilines is 1. The van der Waals surface area contributed by atoms with Crippen LogP contribution in [0.4, 0.5) is 19.0 Å². The van der Waals surface area contributed by atoms with Crippen molar-refractivity contribution in [3.8, 4) is 11.3 Å². The first-order valence-corrected chi connectivity index (χ1v) is 13.6.